The van der Waals surface area contributed by atoms with Crippen molar-refractivity contribution in [3.8, 4) is 0 Å². The Bertz CT molecular complexity index is 410. The summed E-state index contributed by atoms with van der Waals surface area (Å²) in [6.45, 7) is 1.64. The molecule has 0 radical (unpaired) electrons. The Labute approximate surface area is 113 Å². The second-order valence-corrected chi connectivity index (χ2v) is 5.13. The molecule has 0 spiro atoms. The van der Waals surface area contributed by atoms with Gasteiger partial charge >= 0.3 is 5.97 Å². The van der Waals surface area contributed by atoms with Gasteiger partial charge < -0.3 is 10.2 Å². The lowest BCUT2D eigenvalue weighted by Gasteiger charge is -2.28. The number of aliphatic hydroxyl groups is 1. The SMILES string of the molecule is O=C(O)c1ccc(CN(CCO)C2CCCC2)cc1. The molecule has 1 aliphatic rings. The van der Waals surface area contributed by atoms with Gasteiger partial charge in [-0.2, -0.15) is 0 Å². The third-order valence-electron chi connectivity index (χ3n) is 3.81. The van der Waals surface area contributed by atoms with Crippen LogP contribution in [0, 0.1) is 0 Å². The zero-order chi connectivity index (χ0) is 13.7. The summed E-state index contributed by atoms with van der Waals surface area (Å²) < 4.78 is 0. The first-order chi connectivity index (χ1) is 9.20. The van der Waals surface area contributed by atoms with Crippen molar-refractivity contribution in [3.63, 3.8) is 0 Å². The van der Waals surface area contributed by atoms with Crippen molar-refractivity contribution in [2.45, 2.75) is 38.3 Å². The van der Waals surface area contributed by atoms with Crippen LogP contribution >= 0.6 is 0 Å². The van der Waals surface area contributed by atoms with Gasteiger partial charge in [-0.05, 0) is 30.5 Å². The molecule has 0 heterocycles. The number of carboxylic acid groups (broad SMARTS) is 1. The first-order valence-corrected chi connectivity index (χ1v) is 6.88. The molecule has 1 saturated carbocycles. The number of aromatic carboxylic acids is 1. The molecule has 1 aromatic rings. The largest absolute Gasteiger partial charge is 0.478 e. The van der Waals surface area contributed by atoms with E-state index in [0.29, 0.717) is 18.2 Å². The molecular formula is C15H21NO3. The molecule has 1 aromatic carbocycles. The lowest BCUT2D eigenvalue weighted by Crippen LogP contribution is -2.35. The van der Waals surface area contributed by atoms with Crippen molar-refractivity contribution in [2.24, 2.45) is 0 Å². The molecule has 104 valence electrons. The minimum atomic E-state index is -0.894. The van der Waals surface area contributed by atoms with Gasteiger partial charge in [0.05, 0.1) is 12.2 Å². The van der Waals surface area contributed by atoms with Gasteiger partial charge in [0.1, 0.15) is 0 Å². The van der Waals surface area contributed by atoms with Gasteiger partial charge in [-0.3, -0.25) is 4.90 Å². The van der Waals surface area contributed by atoms with E-state index < -0.39 is 5.97 Å². The van der Waals surface area contributed by atoms with E-state index in [1.807, 2.05) is 12.1 Å². The van der Waals surface area contributed by atoms with Crippen molar-refractivity contribution in [1.82, 2.24) is 4.90 Å². The fourth-order valence-corrected chi connectivity index (χ4v) is 2.78. The van der Waals surface area contributed by atoms with Gasteiger partial charge in [0.15, 0.2) is 0 Å². The molecule has 4 heteroatoms. The molecule has 0 saturated heterocycles. The van der Waals surface area contributed by atoms with Crippen molar-refractivity contribution in [3.05, 3.63) is 35.4 Å². The van der Waals surface area contributed by atoms with Gasteiger partial charge in [-0.25, -0.2) is 4.79 Å². The molecule has 0 unspecified atom stereocenters. The van der Waals surface area contributed by atoms with E-state index in [9.17, 15) is 9.90 Å². The maximum absolute atomic E-state index is 10.8. The van der Waals surface area contributed by atoms with Gasteiger partial charge in [0, 0.05) is 19.1 Å². The third kappa shape index (κ3) is 3.78. The summed E-state index contributed by atoms with van der Waals surface area (Å²) in [5.41, 5.74) is 1.42. The molecular weight excluding hydrogens is 242 g/mol. The highest BCUT2D eigenvalue weighted by molar-refractivity contribution is 5.87. The molecule has 0 bridgehead atoms. The topological polar surface area (TPSA) is 60.8 Å². The van der Waals surface area contributed by atoms with Crippen LogP contribution < -0.4 is 0 Å². The number of carboxylic acids is 1. The standard InChI is InChI=1S/C15H21NO3/c17-10-9-16(14-3-1-2-4-14)11-12-5-7-13(8-6-12)15(18)19/h5-8,14,17H,1-4,9-11H2,(H,18,19). The fourth-order valence-electron chi connectivity index (χ4n) is 2.78. The third-order valence-corrected chi connectivity index (χ3v) is 3.81. The monoisotopic (exact) mass is 263 g/mol. The molecule has 0 aromatic heterocycles. The summed E-state index contributed by atoms with van der Waals surface area (Å²) in [7, 11) is 0. The van der Waals surface area contributed by atoms with E-state index in [1.165, 1.54) is 25.7 Å². The van der Waals surface area contributed by atoms with Crippen molar-refractivity contribution in [1.29, 1.82) is 0 Å². The average molecular weight is 263 g/mol. The molecule has 0 atom stereocenters. The second-order valence-electron chi connectivity index (χ2n) is 5.13. The Morgan fingerprint density at radius 2 is 1.84 bits per heavy atom. The number of rotatable bonds is 6. The molecule has 1 aliphatic carbocycles. The minimum absolute atomic E-state index is 0.170. The normalized spacial score (nSPS) is 16.1. The zero-order valence-electron chi connectivity index (χ0n) is 11.1. The fraction of sp³-hybridized carbons (Fsp3) is 0.533. The van der Waals surface area contributed by atoms with Crippen LogP contribution in [0.5, 0.6) is 0 Å². The quantitative estimate of drug-likeness (QED) is 0.825. The number of nitrogens with zero attached hydrogens (tertiary/aromatic N) is 1. The van der Waals surface area contributed by atoms with E-state index in [1.54, 1.807) is 12.1 Å². The van der Waals surface area contributed by atoms with Gasteiger partial charge in [-0.1, -0.05) is 25.0 Å². The van der Waals surface area contributed by atoms with Crippen LogP contribution in [0.3, 0.4) is 0 Å². The minimum Gasteiger partial charge on any atom is -0.478 e. The van der Waals surface area contributed by atoms with Crippen LogP contribution in [0.2, 0.25) is 0 Å². The Balaban J connectivity index is 2.01. The van der Waals surface area contributed by atoms with E-state index in [0.717, 1.165) is 12.1 Å². The Hall–Kier alpha value is -1.39. The lowest BCUT2D eigenvalue weighted by atomic mass is 10.1. The predicted molar refractivity (Wildman–Crippen MR) is 73.2 cm³/mol. The smallest absolute Gasteiger partial charge is 0.335 e. The second kappa shape index (κ2) is 6.68. The summed E-state index contributed by atoms with van der Waals surface area (Å²) in [5, 5.41) is 18.0. The first kappa shape index (κ1) is 14.0. The van der Waals surface area contributed by atoms with Crippen molar-refractivity contribution >= 4 is 5.97 Å². The Morgan fingerprint density at radius 3 is 2.37 bits per heavy atom. The first-order valence-electron chi connectivity index (χ1n) is 6.88. The van der Waals surface area contributed by atoms with E-state index >= 15 is 0 Å². The van der Waals surface area contributed by atoms with Gasteiger partial charge in [0.25, 0.3) is 0 Å². The van der Waals surface area contributed by atoms with Crippen LogP contribution in [-0.2, 0) is 6.54 Å². The highest BCUT2D eigenvalue weighted by Crippen LogP contribution is 2.24. The van der Waals surface area contributed by atoms with Crippen LogP contribution in [0.15, 0.2) is 24.3 Å². The number of hydrogen-bond donors (Lipinski definition) is 2. The molecule has 0 aliphatic heterocycles. The molecule has 2 N–H and O–H groups in total. The van der Waals surface area contributed by atoms with Crippen LogP contribution in [0.4, 0.5) is 0 Å². The van der Waals surface area contributed by atoms with Crippen molar-refractivity contribution < 1.29 is 15.0 Å². The predicted octanol–water partition coefficient (Wildman–Crippen LogP) is 2.12. The summed E-state index contributed by atoms with van der Waals surface area (Å²) in [6.07, 6.45) is 4.94. The maximum Gasteiger partial charge on any atom is 0.335 e. The Kier molecular flexibility index (Phi) is 4.93. The number of hydrogen-bond acceptors (Lipinski definition) is 3. The van der Waals surface area contributed by atoms with Gasteiger partial charge in [-0.15, -0.1) is 0 Å². The van der Waals surface area contributed by atoms with Crippen molar-refractivity contribution in [2.75, 3.05) is 13.2 Å². The number of carbonyl (C=O) groups is 1. The molecule has 19 heavy (non-hydrogen) atoms. The van der Waals surface area contributed by atoms with Gasteiger partial charge in [0.2, 0.25) is 0 Å². The number of benzene rings is 1. The van der Waals surface area contributed by atoms with E-state index in [4.69, 9.17) is 5.11 Å². The molecule has 0 amide bonds. The summed E-state index contributed by atoms with van der Waals surface area (Å²) >= 11 is 0. The van der Waals surface area contributed by atoms with E-state index in [2.05, 4.69) is 4.90 Å². The highest BCUT2D eigenvalue weighted by Gasteiger charge is 2.22. The van der Waals surface area contributed by atoms with E-state index in [-0.39, 0.29) is 6.61 Å². The van der Waals surface area contributed by atoms with Crippen LogP contribution in [0.1, 0.15) is 41.6 Å². The zero-order valence-corrected chi connectivity index (χ0v) is 11.1. The molecule has 4 nitrogen and oxygen atoms in total. The van der Waals surface area contributed by atoms with Crippen LogP contribution in [0.25, 0.3) is 0 Å². The summed E-state index contributed by atoms with van der Waals surface area (Å²) in [6, 6.07) is 7.57. The number of aliphatic hydroxyl groups excluding tert-OH is 1. The lowest BCUT2D eigenvalue weighted by molar-refractivity contribution is 0.0697. The highest BCUT2D eigenvalue weighted by atomic mass is 16.4. The molecule has 2 rings (SSSR count). The summed E-state index contributed by atoms with van der Waals surface area (Å²) in [4.78, 5) is 13.1. The Morgan fingerprint density at radius 1 is 1.21 bits per heavy atom. The summed E-state index contributed by atoms with van der Waals surface area (Å²) in [5.74, 6) is -0.894. The average Bonchev–Trinajstić information content (AvgIpc) is 2.92. The molecule has 1 fully saturated rings. The van der Waals surface area contributed by atoms with Crippen LogP contribution in [-0.4, -0.2) is 40.3 Å². The maximum atomic E-state index is 10.8.